The number of benzene rings is 1. The molecule has 0 aliphatic heterocycles. The number of nitrogens with one attached hydrogen (secondary N) is 1. The molecule has 2 heterocycles. The molecule has 0 unspecified atom stereocenters. The second kappa shape index (κ2) is 6.01. The molecule has 0 bridgehead atoms. The first-order chi connectivity index (χ1) is 11.8. The Morgan fingerprint density at radius 3 is 2.88 bits per heavy atom. The number of aromatic nitrogens is 2. The SMILES string of the molecule is N#CCc1cccc(-c2cn(C3CCCC3)c3cc[nH]c(=O)c23)c1. The van der Waals surface area contributed by atoms with E-state index in [9.17, 15) is 4.79 Å². The lowest BCUT2D eigenvalue weighted by atomic mass is 10.0. The minimum absolute atomic E-state index is 0.0510. The van der Waals surface area contributed by atoms with Gasteiger partial charge in [-0.05, 0) is 30.0 Å². The lowest BCUT2D eigenvalue weighted by Crippen LogP contribution is -2.07. The maximum absolute atomic E-state index is 12.5. The molecule has 2 aromatic heterocycles. The Bertz CT molecular complexity index is 984. The van der Waals surface area contributed by atoms with Gasteiger partial charge in [-0.3, -0.25) is 4.79 Å². The molecule has 4 nitrogen and oxygen atoms in total. The molecule has 0 spiro atoms. The van der Waals surface area contributed by atoms with Gasteiger partial charge in [-0.15, -0.1) is 0 Å². The first-order valence-corrected chi connectivity index (χ1v) is 8.46. The van der Waals surface area contributed by atoms with Gasteiger partial charge in [0, 0.05) is 24.0 Å². The predicted molar refractivity (Wildman–Crippen MR) is 94.8 cm³/mol. The van der Waals surface area contributed by atoms with E-state index in [1.54, 1.807) is 6.20 Å². The molecule has 0 saturated heterocycles. The van der Waals surface area contributed by atoms with Gasteiger partial charge >= 0.3 is 0 Å². The molecule has 1 aliphatic carbocycles. The van der Waals surface area contributed by atoms with Crippen LogP contribution in [0.4, 0.5) is 0 Å². The molecule has 1 aromatic carbocycles. The Kier molecular flexibility index (Phi) is 3.70. The van der Waals surface area contributed by atoms with E-state index in [0.717, 1.165) is 27.6 Å². The van der Waals surface area contributed by atoms with Crippen LogP contribution in [-0.4, -0.2) is 9.55 Å². The van der Waals surface area contributed by atoms with E-state index in [0.29, 0.717) is 12.5 Å². The summed E-state index contributed by atoms with van der Waals surface area (Å²) in [6, 6.07) is 12.6. The first kappa shape index (κ1) is 14.8. The van der Waals surface area contributed by atoms with Gasteiger partial charge < -0.3 is 9.55 Å². The van der Waals surface area contributed by atoms with E-state index < -0.39 is 0 Å². The zero-order valence-corrected chi connectivity index (χ0v) is 13.5. The summed E-state index contributed by atoms with van der Waals surface area (Å²) in [7, 11) is 0. The van der Waals surface area contributed by atoms with Crippen molar-refractivity contribution in [2.75, 3.05) is 0 Å². The topological polar surface area (TPSA) is 61.6 Å². The van der Waals surface area contributed by atoms with Gasteiger partial charge in [0.1, 0.15) is 0 Å². The Morgan fingerprint density at radius 1 is 1.25 bits per heavy atom. The molecule has 4 rings (SSSR count). The van der Waals surface area contributed by atoms with E-state index in [2.05, 4.69) is 21.8 Å². The second-order valence-electron chi connectivity index (χ2n) is 6.49. The van der Waals surface area contributed by atoms with Crippen LogP contribution in [0.5, 0.6) is 0 Å². The standard InChI is InChI=1S/C20H19N3O/c21-10-8-14-4-3-5-15(12-14)17-13-23(16-6-1-2-7-16)18-9-11-22-20(24)19(17)18/h3-5,9,11-13,16H,1-2,6-8H2,(H,22,24). The number of nitriles is 1. The van der Waals surface area contributed by atoms with Crippen molar-refractivity contribution in [1.29, 1.82) is 5.26 Å². The van der Waals surface area contributed by atoms with Crippen LogP contribution in [0.15, 0.2) is 47.5 Å². The number of hydrogen-bond donors (Lipinski definition) is 1. The highest BCUT2D eigenvalue weighted by atomic mass is 16.1. The average Bonchev–Trinajstić information content (AvgIpc) is 3.23. The van der Waals surface area contributed by atoms with Crippen molar-refractivity contribution in [2.45, 2.75) is 38.1 Å². The van der Waals surface area contributed by atoms with Crippen LogP contribution in [0.1, 0.15) is 37.3 Å². The summed E-state index contributed by atoms with van der Waals surface area (Å²) < 4.78 is 2.28. The summed E-state index contributed by atoms with van der Waals surface area (Å²) in [5.41, 5.74) is 3.89. The van der Waals surface area contributed by atoms with Gasteiger partial charge in [-0.1, -0.05) is 37.1 Å². The number of fused-ring (bicyclic) bond motifs is 1. The van der Waals surface area contributed by atoms with Crippen LogP contribution in [0.25, 0.3) is 22.0 Å². The van der Waals surface area contributed by atoms with Gasteiger partial charge in [0.15, 0.2) is 0 Å². The molecule has 120 valence electrons. The van der Waals surface area contributed by atoms with Crippen LogP contribution < -0.4 is 5.56 Å². The second-order valence-corrected chi connectivity index (χ2v) is 6.49. The minimum Gasteiger partial charge on any atom is -0.344 e. The third kappa shape index (κ3) is 2.43. The van der Waals surface area contributed by atoms with E-state index in [1.165, 1.54) is 25.7 Å². The smallest absolute Gasteiger partial charge is 0.258 e. The van der Waals surface area contributed by atoms with Crippen molar-refractivity contribution in [2.24, 2.45) is 0 Å². The average molecular weight is 317 g/mol. The summed E-state index contributed by atoms with van der Waals surface area (Å²) >= 11 is 0. The van der Waals surface area contributed by atoms with Gasteiger partial charge in [0.05, 0.1) is 23.4 Å². The van der Waals surface area contributed by atoms with Crippen molar-refractivity contribution in [1.82, 2.24) is 9.55 Å². The highest BCUT2D eigenvalue weighted by Gasteiger charge is 2.21. The number of pyridine rings is 1. The molecule has 4 heteroatoms. The monoisotopic (exact) mass is 317 g/mol. The third-order valence-corrected chi connectivity index (χ3v) is 4.99. The molecule has 0 radical (unpaired) electrons. The highest BCUT2D eigenvalue weighted by Crippen LogP contribution is 2.36. The van der Waals surface area contributed by atoms with Crippen LogP contribution in [-0.2, 0) is 6.42 Å². The number of nitrogens with zero attached hydrogens (tertiary/aromatic N) is 2. The fourth-order valence-electron chi connectivity index (χ4n) is 3.86. The van der Waals surface area contributed by atoms with Crippen LogP contribution in [0.2, 0.25) is 0 Å². The normalized spacial score (nSPS) is 15.0. The molecule has 3 aromatic rings. The summed E-state index contributed by atoms with van der Waals surface area (Å²) in [5, 5.41) is 9.68. The summed E-state index contributed by atoms with van der Waals surface area (Å²) in [6.45, 7) is 0. The molecule has 0 amide bonds. The Balaban J connectivity index is 1.94. The molecule has 1 fully saturated rings. The quantitative estimate of drug-likeness (QED) is 0.787. The number of hydrogen-bond acceptors (Lipinski definition) is 2. The van der Waals surface area contributed by atoms with Crippen molar-refractivity contribution in [3.63, 3.8) is 0 Å². The number of aromatic amines is 1. The molecule has 1 N–H and O–H groups in total. The molecule has 1 saturated carbocycles. The maximum atomic E-state index is 12.5. The maximum Gasteiger partial charge on any atom is 0.258 e. The van der Waals surface area contributed by atoms with Gasteiger partial charge in [0.2, 0.25) is 0 Å². The van der Waals surface area contributed by atoms with E-state index in [1.807, 2.05) is 30.3 Å². The molecular formula is C20H19N3O. The lowest BCUT2D eigenvalue weighted by molar-refractivity contribution is 0.536. The Labute approximate surface area is 140 Å². The van der Waals surface area contributed by atoms with Crippen molar-refractivity contribution in [3.05, 3.63) is 58.6 Å². The van der Waals surface area contributed by atoms with Crippen molar-refractivity contribution in [3.8, 4) is 17.2 Å². The van der Waals surface area contributed by atoms with Crippen LogP contribution in [0, 0.1) is 11.3 Å². The van der Waals surface area contributed by atoms with Crippen molar-refractivity contribution < 1.29 is 0 Å². The molecule has 1 aliphatic rings. The van der Waals surface area contributed by atoms with E-state index in [-0.39, 0.29) is 5.56 Å². The Hall–Kier alpha value is -2.80. The summed E-state index contributed by atoms with van der Waals surface area (Å²) in [5.74, 6) is 0. The predicted octanol–water partition coefficient (Wildman–Crippen LogP) is 4.18. The zero-order valence-electron chi connectivity index (χ0n) is 13.5. The summed E-state index contributed by atoms with van der Waals surface area (Å²) in [6.07, 6.45) is 9.08. The molecule has 24 heavy (non-hydrogen) atoms. The minimum atomic E-state index is -0.0510. The third-order valence-electron chi connectivity index (χ3n) is 4.99. The Morgan fingerprint density at radius 2 is 2.08 bits per heavy atom. The molecular weight excluding hydrogens is 298 g/mol. The lowest BCUT2D eigenvalue weighted by Gasteiger charge is -2.12. The van der Waals surface area contributed by atoms with E-state index >= 15 is 0 Å². The highest BCUT2D eigenvalue weighted by molar-refractivity contribution is 5.95. The van der Waals surface area contributed by atoms with Gasteiger partial charge in [-0.25, -0.2) is 0 Å². The summed E-state index contributed by atoms with van der Waals surface area (Å²) in [4.78, 5) is 15.3. The molecule has 0 atom stereocenters. The van der Waals surface area contributed by atoms with E-state index in [4.69, 9.17) is 5.26 Å². The number of H-pyrrole nitrogens is 1. The fraction of sp³-hybridized carbons (Fsp3) is 0.300. The van der Waals surface area contributed by atoms with Gasteiger partial charge in [-0.2, -0.15) is 5.26 Å². The van der Waals surface area contributed by atoms with Crippen LogP contribution in [0.3, 0.4) is 0 Å². The largest absolute Gasteiger partial charge is 0.344 e. The zero-order chi connectivity index (χ0) is 16.5. The van der Waals surface area contributed by atoms with Gasteiger partial charge in [0.25, 0.3) is 5.56 Å². The first-order valence-electron chi connectivity index (χ1n) is 8.46. The number of rotatable bonds is 3. The fourth-order valence-corrected chi connectivity index (χ4v) is 3.86. The van der Waals surface area contributed by atoms with Crippen molar-refractivity contribution >= 4 is 10.9 Å². The van der Waals surface area contributed by atoms with Crippen LogP contribution >= 0.6 is 0 Å².